The molecule has 3 heterocycles. The third-order valence-corrected chi connectivity index (χ3v) is 5.57. The quantitative estimate of drug-likeness (QED) is 0.890. The molecule has 0 saturated carbocycles. The van der Waals surface area contributed by atoms with Gasteiger partial charge in [-0.3, -0.25) is 4.68 Å². The van der Waals surface area contributed by atoms with Crippen molar-refractivity contribution in [3.63, 3.8) is 0 Å². The van der Waals surface area contributed by atoms with E-state index in [-0.39, 0.29) is 10.9 Å². The summed E-state index contributed by atoms with van der Waals surface area (Å²) in [6.07, 6.45) is 3.63. The van der Waals surface area contributed by atoms with E-state index >= 15 is 0 Å². The van der Waals surface area contributed by atoms with E-state index in [9.17, 15) is 8.42 Å². The molecule has 3 rings (SSSR count). The molecule has 118 valence electrons. The molecule has 0 unspecified atom stereocenters. The first-order chi connectivity index (χ1) is 10.4. The van der Waals surface area contributed by atoms with Crippen LogP contribution in [0.1, 0.15) is 24.0 Å². The first-order valence-corrected chi connectivity index (χ1v) is 8.39. The standard InChI is InChI=1S/C13H18N6O2S/c1-9-16-11(6-13(14-2)17-9)12-4-5-19(12)22(20,21)10-7-15-18(3)8-10/h6-8,12H,4-5H2,1-3H3,(H,14,16,17)/t12-/m0/s1. The van der Waals surface area contributed by atoms with Crippen molar-refractivity contribution >= 4 is 15.8 Å². The highest BCUT2D eigenvalue weighted by Gasteiger charge is 2.41. The fraction of sp³-hybridized carbons (Fsp3) is 0.462. The maximum Gasteiger partial charge on any atom is 0.246 e. The van der Waals surface area contributed by atoms with Crippen molar-refractivity contribution in [2.24, 2.45) is 7.05 Å². The van der Waals surface area contributed by atoms with Gasteiger partial charge in [0.25, 0.3) is 0 Å². The fourth-order valence-corrected chi connectivity index (χ4v) is 4.13. The maximum absolute atomic E-state index is 12.7. The lowest BCUT2D eigenvalue weighted by Gasteiger charge is -2.38. The molecule has 1 aliphatic rings. The number of hydrogen-bond donors (Lipinski definition) is 1. The number of hydrogen-bond acceptors (Lipinski definition) is 6. The summed E-state index contributed by atoms with van der Waals surface area (Å²) in [6.45, 7) is 2.28. The number of rotatable bonds is 4. The Kier molecular flexibility index (Phi) is 3.61. The number of aryl methyl sites for hydroxylation is 2. The second-order valence-electron chi connectivity index (χ2n) is 5.25. The smallest absolute Gasteiger partial charge is 0.246 e. The molecule has 2 aromatic rings. The van der Waals surface area contributed by atoms with Gasteiger partial charge in [0.15, 0.2) is 0 Å². The lowest BCUT2D eigenvalue weighted by molar-refractivity contribution is 0.197. The van der Waals surface area contributed by atoms with Crippen LogP contribution in [0.2, 0.25) is 0 Å². The number of anilines is 1. The molecule has 1 saturated heterocycles. The minimum absolute atomic E-state index is 0.208. The minimum atomic E-state index is -3.54. The lowest BCUT2D eigenvalue weighted by Crippen LogP contribution is -2.45. The molecule has 1 aliphatic heterocycles. The Morgan fingerprint density at radius 3 is 2.68 bits per heavy atom. The minimum Gasteiger partial charge on any atom is -0.373 e. The van der Waals surface area contributed by atoms with Crippen molar-refractivity contribution in [1.29, 1.82) is 0 Å². The Morgan fingerprint density at radius 1 is 1.36 bits per heavy atom. The summed E-state index contributed by atoms with van der Waals surface area (Å²) in [6, 6.07) is 1.54. The summed E-state index contributed by atoms with van der Waals surface area (Å²) >= 11 is 0. The van der Waals surface area contributed by atoms with Crippen molar-refractivity contribution in [2.75, 3.05) is 18.9 Å². The summed E-state index contributed by atoms with van der Waals surface area (Å²) in [7, 11) is -0.0737. The van der Waals surface area contributed by atoms with Crippen LogP contribution in [0.5, 0.6) is 0 Å². The zero-order valence-corrected chi connectivity index (χ0v) is 13.5. The van der Waals surface area contributed by atoms with Crippen molar-refractivity contribution in [1.82, 2.24) is 24.1 Å². The van der Waals surface area contributed by atoms with Crippen LogP contribution >= 0.6 is 0 Å². The van der Waals surface area contributed by atoms with Gasteiger partial charge in [-0.05, 0) is 13.3 Å². The van der Waals surface area contributed by atoms with E-state index < -0.39 is 10.0 Å². The van der Waals surface area contributed by atoms with E-state index in [1.807, 2.05) is 0 Å². The highest BCUT2D eigenvalue weighted by Crippen LogP contribution is 2.37. The van der Waals surface area contributed by atoms with Gasteiger partial charge >= 0.3 is 0 Å². The highest BCUT2D eigenvalue weighted by molar-refractivity contribution is 7.89. The SMILES string of the molecule is CNc1cc([C@@H]2CCN2S(=O)(=O)c2cnn(C)c2)nc(C)n1. The molecule has 22 heavy (non-hydrogen) atoms. The molecule has 8 nitrogen and oxygen atoms in total. The lowest BCUT2D eigenvalue weighted by atomic mass is 10.0. The summed E-state index contributed by atoms with van der Waals surface area (Å²) in [5.74, 6) is 1.31. The Morgan fingerprint density at radius 2 is 2.14 bits per heavy atom. The van der Waals surface area contributed by atoms with Crippen LogP contribution in [0.25, 0.3) is 0 Å². The van der Waals surface area contributed by atoms with Crippen LogP contribution in [0.15, 0.2) is 23.4 Å². The molecule has 2 aromatic heterocycles. The molecular weight excluding hydrogens is 304 g/mol. The van der Waals surface area contributed by atoms with E-state index in [2.05, 4.69) is 20.4 Å². The first kappa shape index (κ1) is 14.9. The van der Waals surface area contributed by atoms with Gasteiger partial charge in [0.2, 0.25) is 10.0 Å². The Labute approximate surface area is 129 Å². The van der Waals surface area contributed by atoms with Gasteiger partial charge in [0.05, 0.1) is 17.9 Å². The topological polar surface area (TPSA) is 93.0 Å². The second-order valence-corrected chi connectivity index (χ2v) is 7.14. The molecule has 0 spiro atoms. The van der Waals surface area contributed by atoms with Crippen LogP contribution in [-0.2, 0) is 17.1 Å². The molecule has 0 aliphatic carbocycles. The third-order valence-electron chi connectivity index (χ3n) is 3.71. The Balaban J connectivity index is 1.93. The van der Waals surface area contributed by atoms with Gasteiger partial charge < -0.3 is 5.32 Å². The van der Waals surface area contributed by atoms with Gasteiger partial charge in [-0.15, -0.1) is 0 Å². The van der Waals surface area contributed by atoms with Gasteiger partial charge in [-0.2, -0.15) is 9.40 Å². The van der Waals surface area contributed by atoms with Crippen LogP contribution < -0.4 is 5.32 Å². The van der Waals surface area contributed by atoms with Gasteiger partial charge in [0, 0.05) is 32.9 Å². The summed E-state index contributed by atoms with van der Waals surface area (Å²) in [4.78, 5) is 8.83. The normalized spacial score (nSPS) is 19.0. The number of aromatic nitrogens is 4. The number of nitrogens with zero attached hydrogens (tertiary/aromatic N) is 5. The Hall–Kier alpha value is -2.00. The highest BCUT2D eigenvalue weighted by atomic mass is 32.2. The van der Waals surface area contributed by atoms with Crippen LogP contribution in [0.3, 0.4) is 0 Å². The zero-order chi connectivity index (χ0) is 15.9. The van der Waals surface area contributed by atoms with Crippen molar-refractivity contribution in [3.05, 3.63) is 30.0 Å². The predicted octanol–water partition coefficient (Wildman–Crippen LogP) is 0.696. The van der Waals surface area contributed by atoms with Crippen molar-refractivity contribution < 1.29 is 8.42 Å². The van der Waals surface area contributed by atoms with Gasteiger partial charge in [0.1, 0.15) is 16.5 Å². The molecular formula is C13H18N6O2S. The average Bonchev–Trinajstić information content (AvgIpc) is 2.83. The molecule has 0 amide bonds. The molecule has 0 radical (unpaired) electrons. The maximum atomic E-state index is 12.7. The summed E-state index contributed by atoms with van der Waals surface area (Å²) in [5, 5.41) is 6.91. The molecule has 1 atom stereocenters. The van der Waals surface area contributed by atoms with E-state index in [4.69, 9.17) is 0 Å². The predicted molar refractivity (Wildman–Crippen MR) is 80.8 cm³/mol. The largest absolute Gasteiger partial charge is 0.373 e. The second kappa shape index (κ2) is 5.33. The number of sulfonamides is 1. The third kappa shape index (κ3) is 2.46. The van der Waals surface area contributed by atoms with Crippen molar-refractivity contribution in [3.8, 4) is 0 Å². The van der Waals surface area contributed by atoms with Gasteiger partial charge in [-0.25, -0.2) is 18.4 Å². The molecule has 0 bridgehead atoms. The van der Waals surface area contributed by atoms with Crippen molar-refractivity contribution in [2.45, 2.75) is 24.3 Å². The van der Waals surface area contributed by atoms with Crippen LogP contribution in [0.4, 0.5) is 5.82 Å². The molecule has 1 N–H and O–H groups in total. The van der Waals surface area contributed by atoms with Crippen LogP contribution in [0, 0.1) is 6.92 Å². The summed E-state index contributed by atoms with van der Waals surface area (Å²) < 4.78 is 28.3. The van der Waals surface area contributed by atoms with E-state index in [1.165, 1.54) is 21.4 Å². The Bertz CT molecular complexity index is 801. The van der Waals surface area contributed by atoms with E-state index in [1.54, 1.807) is 27.1 Å². The molecule has 1 fully saturated rings. The van der Waals surface area contributed by atoms with Gasteiger partial charge in [-0.1, -0.05) is 0 Å². The first-order valence-electron chi connectivity index (χ1n) is 6.95. The van der Waals surface area contributed by atoms with Crippen LogP contribution in [-0.4, -0.2) is 46.1 Å². The fourth-order valence-electron chi connectivity index (χ4n) is 2.50. The average molecular weight is 322 g/mol. The molecule has 0 aromatic carbocycles. The number of nitrogens with one attached hydrogen (secondary N) is 1. The zero-order valence-electron chi connectivity index (χ0n) is 12.7. The summed E-state index contributed by atoms with van der Waals surface area (Å²) in [5.41, 5.74) is 0.718. The van der Waals surface area contributed by atoms with E-state index in [0.717, 1.165) is 12.1 Å². The molecule has 9 heteroatoms. The monoisotopic (exact) mass is 322 g/mol. The van der Waals surface area contributed by atoms with E-state index in [0.29, 0.717) is 18.2 Å².